The molecule has 0 amide bonds. The molecule has 0 spiro atoms. The normalized spacial score (nSPS) is 53.7. The number of carboxylic acids is 1. The molecule has 0 aromatic heterocycles. The van der Waals surface area contributed by atoms with Gasteiger partial charge in [0.25, 0.3) is 0 Å². The molecular weight excluding hydrogens is 439 g/mol. The highest BCUT2D eigenvalue weighted by atomic mass is 31.0. The Kier molecular flexibility index (Phi) is 5.79. The van der Waals surface area contributed by atoms with Crippen LogP contribution in [-0.2, 0) is 9.32 Å². The predicted molar refractivity (Wildman–Crippen MR) is 141 cm³/mol. The molecule has 0 aliphatic heterocycles. The SMILES string of the molecule is C=C(C)C1CC[C@]2(C(=O)O)CC[C@]3(C)[C@H](CC[C@@H]4[C@@]5(C)CC[C@H](OP)C(C)(C)[C@@H]5CC[C@]43C)C12. The zero-order valence-electron chi connectivity index (χ0n) is 22.6. The Morgan fingerprint density at radius 1 is 0.882 bits per heavy atom. The van der Waals surface area contributed by atoms with Crippen molar-refractivity contribution in [3.8, 4) is 0 Å². The second-order valence-corrected chi connectivity index (χ2v) is 14.9. The largest absolute Gasteiger partial charge is 0.481 e. The third-order valence-electron chi connectivity index (χ3n) is 13.6. The summed E-state index contributed by atoms with van der Waals surface area (Å²) in [5.74, 6) is 2.02. The number of hydrogen-bond acceptors (Lipinski definition) is 2. The first kappa shape index (κ1) is 25.3. The Morgan fingerprint density at radius 2 is 1.59 bits per heavy atom. The van der Waals surface area contributed by atoms with E-state index in [2.05, 4.69) is 57.6 Å². The van der Waals surface area contributed by atoms with Crippen molar-refractivity contribution in [3.05, 3.63) is 12.2 Å². The van der Waals surface area contributed by atoms with Gasteiger partial charge in [0.2, 0.25) is 0 Å². The molecule has 3 nitrogen and oxygen atoms in total. The number of carboxylic acid groups (broad SMARTS) is 1. The third-order valence-corrected chi connectivity index (χ3v) is 13.9. The zero-order valence-corrected chi connectivity index (χ0v) is 23.7. The molecule has 34 heavy (non-hydrogen) atoms. The lowest BCUT2D eigenvalue weighted by Crippen LogP contribution is -2.67. The first-order valence-electron chi connectivity index (χ1n) is 14.0. The lowest BCUT2D eigenvalue weighted by atomic mass is 9.32. The van der Waals surface area contributed by atoms with Crippen molar-refractivity contribution in [3.63, 3.8) is 0 Å². The van der Waals surface area contributed by atoms with E-state index in [1.807, 2.05) is 0 Å². The summed E-state index contributed by atoms with van der Waals surface area (Å²) in [5, 5.41) is 10.5. The molecule has 192 valence electrons. The molecule has 0 radical (unpaired) electrons. The quantitative estimate of drug-likeness (QED) is 0.324. The molecule has 0 heterocycles. The lowest BCUT2D eigenvalue weighted by molar-refractivity contribution is -0.245. The van der Waals surface area contributed by atoms with Crippen molar-refractivity contribution < 1.29 is 14.4 Å². The number of hydrogen-bond donors (Lipinski definition) is 1. The van der Waals surface area contributed by atoms with Crippen LogP contribution in [-0.4, -0.2) is 17.2 Å². The highest BCUT2D eigenvalue weighted by Gasteiger charge is 2.72. The Bertz CT molecular complexity index is 882. The molecule has 5 rings (SSSR count). The van der Waals surface area contributed by atoms with Gasteiger partial charge < -0.3 is 9.63 Å². The van der Waals surface area contributed by atoms with Gasteiger partial charge in [-0.25, -0.2) is 0 Å². The van der Waals surface area contributed by atoms with Gasteiger partial charge in [0.1, 0.15) is 0 Å². The molecule has 3 unspecified atom stereocenters. The predicted octanol–water partition coefficient (Wildman–Crippen LogP) is 7.90. The lowest BCUT2D eigenvalue weighted by Gasteiger charge is -2.72. The second-order valence-electron chi connectivity index (χ2n) is 14.6. The fourth-order valence-electron chi connectivity index (χ4n) is 11.7. The van der Waals surface area contributed by atoms with E-state index in [1.54, 1.807) is 0 Å². The van der Waals surface area contributed by atoms with Gasteiger partial charge in [-0.2, -0.15) is 0 Å². The molecule has 4 heteroatoms. The van der Waals surface area contributed by atoms with E-state index in [9.17, 15) is 9.90 Å². The molecule has 0 bridgehead atoms. The van der Waals surface area contributed by atoms with Gasteiger partial charge >= 0.3 is 5.97 Å². The van der Waals surface area contributed by atoms with Crippen LogP contribution in [0.1, 0.15) is 106 Å². The van der Waals surface area contributed by atoms with Crippen molar-refractivity contribution in [2.24, 2.45) is 56.7 Å². The van der Waals surface area contributed by atoms with Crippen molar-refractivity contribution in [2.45, 2.75) is 112 Å². The van der Waals surface area contributed by atoms with E-state index in [1.165, 1.54) is 37.7 Å². The standard InChI is InChI=1S/C30H49O3P/c1-18(2)19-10-15-30(25(31)32)17-16-28(6)20(24(19)30)8-9-22-27(5)13-12-23(33-34)26(3,4)21(27)11-14-29(22,28)7/h19-24H,1,8-17,34H2,2-7H3,(H,31,32)/t19?,20-,21+,22-,23+,24?,27+,28-,29-,30+/m1/s1. The molecule has 1 N–H and O–H groups in total. The van der Waals surface area contributed by atoms with Gasteiger partial charge in [-0.3, -0.25) is 4.79 Å². The van der Waals surface area contributed by atoms with Gasteiger partial charge in [0, 0.05) is 9.47 Å². The van der Waals surface area contributed by atoms with Crippen molar-refractivity contribution >= 4 is 15.4 Å². The van der Waals surface area contributed by atoms with Crippen molar-refractivity contribution in [2.75, 3.05) is 0 Å². The Hall–Kier alpha value is -0.400. The molecule has 5 fully saturated rings. The van der Waals surface area contributed by atoms with E-state index in [0.717, 1.165) is 32.1 Å². The van der Waals surface area contributed by atoms with E-state index < -0.39 is 11.4 Å². The summed E-state index contributed by atoms with van der Waals surface area (Å²) >= 11 is 0. The Morgan fingerprint density at radius 3 is 2.21 bits per heavy atom. The second kappa shape index (κ2) is 7.80. The monoisotopic (exact) mass is 488 g/mol. The number of carbonyl (C=O) groups is 1. The first-order chi connectivity index (χ1) is 15.8. The van der Waals surface area contributed by atoms with Gasteiger partial charge in [-0.05, 0) is 122 Å². The van der Waals surface area contributed by atoms with Crippen LogP contribution in [0, 0.1) is 56.7 Å². The van der Waals surface area contributed by atoms with Gasteiger partial charge in [-0.1, -0.05) is 46.8 Å². The molecule has 0 aromatic rings. The molecule has 5 aliphatic rings. The average Bonchev–Trinajstić information content (AvgIpc) is 3.15. The maximum atomic E-state index is 12.8. The van der Waals surface area contributed by atoms with Gasteiger partial charge in [0.05, 0.1) is 11.5 Å². The van der Waals surface area contributed by atoms with Crippen molar-refractivity contribution in [1.29, 1.82) is 0 Å². The van der Waals surface area contributed by atoms with Crippen LogP contribution in [0.4, 0.5) is 0 Å². The minimum Gasteiger partial charge on any atom is -0.481 e. The van der Waals surface area contributed by atoms with E-state index in [0.29, 0.717) is 35.2 Å². The fraction of sp³-hybridized carbons (Fsp3) is 0.900. The van der Waals surface area contributed by atoms with E-state index >= 15 is 0 Å². The minimum absolute atomic E-state index is 0.190. The van der Waals surface area contributed by atoms with Crippen LogP contribution < -0.4 is 0 Å². The summed E-state index contributed by atoms with van der Waals surface area (Å²) in [6.45, 7) is 19.3. The smallest absolute Gasteiger partial charge is 0.309 e. The number of aliphatic carboxylic acids is 1. The average molecular weight is 489 g/mol. The summed E-state index contributed by atoms with van der Waals surface area (Å²) in [7, 11) is 2.55. The molecule has 0 saturated heterocycles. The van der Waals surface area contributed by atoms with Crippen LogP contribution in [0.2, 0.25) is 0 Å². The van der Waals surface area contributed by atoms with Crippen LogP contribution >= 0.6 is 9.47 Å². The fourth-order valence-corrected chi connectivity index (χ4v) is 12.2. The molecular formula is C30H49O3P. The number of fused-ring (bicyclic) bond motifs is 7. The maximum absolute atomic E-state index is 12.8. The third kappa shape index (κ3) is 2.92. The maximum Gasteiger partial charge on any atom is 0.309 e. The summed E-state index contributed by atoms with van der Waals surface area (Å²) < 4.78 is 5.94. The van der Waals surface area contributed by atoms with E-state index in [-0.39, 0.29) is 22.2 Å². The summed E-state index contributed by atoms with van der Waals surface area (Å²) in [4.78, 5) is 12.8. The molecule has 0 aromatic carbocycles. The van der Waals surface area contributed by atoms with Crippen LogP contribution in [0.3, 0.4) is 0 Å². The summed E-state index contributed by atoms with van der Waals surface area (Å²) in [5.41, 5.74) is 1.72. The van der Waals surface area contributed by atoms with Crippen LogP contribution in [0.15, 0.2) is 12.2 Å². The van der Waals surface area contributed by atoms with Crippen LogP contribution in [0.25, 0.3) is 0 Å². The summed E-state index contributed by atoms with van der Waals surface area (Å²) in [6.07, 6.45) is 11.6. The highest BCUT2D eigenvalue weighted by molar-refractivity contribution is 7.09. The number of allylic oxidation sites excluding steroid dienone is 1. The van der Waals surface area contributed by atoms with E-state index in [4.69, 9.17) is 4.52 Å². The molecule has 5 aliphatic carbocycles. The summed E-state index contributed by atoms with van der Waals surface area (Å²) in [6, 6.07) is 0. The Balaban J connectivity index is 1.55. The zero-order chi connectivity index (χ0) is 24.9. The first-order valence-corrected chi connectivity index (χ1v) is 14.5. The Labute approximate surface area is 210 Å². The topological polar surface area (TPSA) is 46.5 Å². The van der Waals surface area contributed by atoms with Gasteiger partial charge in [-0.15, -0.1) is 0 Å². The minimum atomic E-state index is -0.524. The van der Waals surface area contributed by atoms with Crippen molar-refractivity contribution in [1.82, 2.24) is 0 Å². The van der Waals surface area contributed by atoms with Gasteiger partial charge in [0.15, 0.2) is 0 Å². The highest BCUT2D eigenvalue weighted by Crippen LogP contribution is 2.77. The number of rotatable bonds is 3. The van der Waals surface area contributed by atoms with Crippen LogP contribution in [0.5, 0.6) is 0 Å². The molecule has 5 saturated carbocycles. The molecule has 11 atom stereocenters.